The van der Waals surface area contributed by atoms with Gasteiger partial charge in [-0.15, -0.1) is 11.3 Å². The molecule has 1 aromatic rings. The lowest BCUT2D eigenvalue weighted by atomic mass is 10.0. The summed E-state index contributed by atoms with van der Waals surface area (Å²) >= 11 is 7.60. The number of hydrogen-bond donors (Lipinski definition) is 1. The van der Waals surface area contributed by atoms with E-state index in [0.29, 0.717) is 12.1 Å². The normalized spacial score (nSPS) is 19.7. The van der Waals surface area contributed by atoms with Gasteiger partial charge in [0.25, 0.3) is 0 Å². The van der Waals surface area contributed by atoms with E-state index >= 15 is 0 Å². The number of thiophene rings is 1. The van der Waals surface area contributed by atoms with Gasteiger partial charge in [-0.25, -0.2) is 0 Å². The minimum absolute atomic E-state index is 0.339. The van der Waals surface area contributed by atoms with Crippen LogP contribution in [0.3, 0.4) is 0 Å². The Balaban J connectivity index is 1.98. The second-order valence-corrected chi connectivity index (χ2v) is 6.14. The van der Waals surface area contributed by atoms with Crippen LogP contribution in [0.15, 0.2) is 12.1 Å². The molecule has 1 saturated carbocycles. The molecule has 2 unspecified atom stereocenters. The Morgan fingerprint density at radius 3 is 2.75 bits per heavy atom. The molecular formula is C12H18ClNOS. The monoisotopic (exact) mass is 259 g/mol. The maximum atomic E-state index is 5.94. The van der Waals surface area contributed by atoms with Crippen molar-refractivity contribution in [1.82, 2.24) is 5.32 Å². The molecule has 1 heterocycles. The highest BCUT2D eigenvalue weighted by molar-refractivity contribution is 7.16. The number of nitrogens with one attached hydrogen (secondary N) is 1. The van der Waals surface area contributed by atoms with Crippen LogP contribution in [-0.4, -0.2) is 26.3 Å². The quantitative estimate of drug-likeness (QED) is 0.848. The van der Waals surface area contributed by atoms with Crippen molar-refractivity contribution in [3.8, 4) is 0 Å². The van der Waals surface area contributed by atoms with Gasteiger partial charge in [-0.1, -0.05) is 11.6 Å². The van der Waals surface area contributed by atoms with Crippen molar-refractivity contribution >= 4 is 22.9 Å². The van der Waals surface area contributed by atoms with E-state index in [4.69, 9.17) is 16.3 Å². The number of hydrogen-bond acceptors (Lipinski definition) is 3. The summed E-state index contributed by atoms with van der Waals surface area (Å²) in [5.41, 5.74) is 0. The van der Waals surface area contributed by atoms with Crippen LogP contribution in [0.5, 0.6) is 0 Å². The Hall–Kier alpha value is -0.0900. The van der Waals surface area contributed by atoms with Crippen LogP contribution in [0.4, 0.5) is 0 Å². The summed E-state index contributed by atoms with van der Waals surface area (Å²) in [4.78, 5) is 1.33. The average molecular weight is 260 g/mol. The Bertz CT molecular complexity index is 338. The molecule has 0 bridgehead atoms. The first-order valence-corrected chi connectivity index (χ1v) is 6.88. The van der Waals surface area contributed by atoms with Crippen LogP contribution in [-0.2, 0) is 11.2 Å². The van der Waals surface area contributed by atoms with Crippen molar-refractivity contribution in [3.63, 3.8) is 0 Å². The number of ether oxygens (including phenoxy) is 1. The molecule has 1 aliphatic carbocycles. The number of likely N-dealkylation sites (N-methyl/N-ethyl adjacent to an activating group) is 1. The topological polar surface area (TPSA) is 21.3 Å². The highest BCUT2D eigenvalue weighted by atomic mass is 35.5. The highest BCUT2D eigenvalue weighted by Crippen LogP contribution is 2.36. The highest BCUT2D eigenvalue weighted by Gasteiger charge is 2.36. The number of halogens is 1. The molecule has 2 rings (SSSR count). The summed E-state index contributed by atoms with van der Waals surface area (Å²) < 4.78 is 6.48. The van der Waals surface area contributed by atoms with Crippen LogP contribution in [0, 0.1) is 5.92 Å². The van der Waals surface area contributed by atoms with Gasteiger partial charge in [0, 0.05) is 18.0 Å². The van der Waals surface area contributed by atoms with Crippen LogP contribution in [0.25, 0.3) is 0 Å². The van der Waals surface area contributed by atoms with Crippen molar-refractivity contribution in [1.29, 1.82) is 0 Å². The predicted octanol–water partition coefficient (Wildman–Crippen LogP) is 2.96. The fourth-order valence-corrected chi connectivity index (χ4v) is 3.32. The fraction of sp³-hybridized carbons (Fsp3) is 0.667. The summed E-state index contributed by atoms with van der Waals surface area (Å²) in [6.45, 7) is 0. The summed E-state index contributed by atoms with van der Waals surface area (Å²) in [5.74, 6) is 0.748. The minimum atomic E-state index is 0.339. The molecule has 0 aliphatic heterocycles. The molecule has 1 aromatic heterocycles. The molecule has 0 radical (unpaired) electrons. The molecule has 16 heavy (non-hydrogen) atoms. The van der Waals surface area contributed by atoms with E-state index in [2.05, 4.69) is 11.4 Å². The van der Waals surface area contributed by atoms with Crippen LogP contribution in [0.1, 0.15) is 17.7 Å². The van der Waals surface area contributed by atoms with Gasteiger partial charge >= 0.3 is 0 Å². The lowest BCUT2D eigenvalue weighted by molar-refractivity contribution is 0.0536. The minimum Gasteiger partial charge on any atom is -0.380 e. The van der Waals surface area contributed by atoms with Crippen molar-refractivity contribution in [3.05, 3.63) is 21.3 Å². The van der Waals surface area contributed by atoms with E-state index < -0.39 is 0 Å². The number of rotatable bonds is 6. The summed E-state index contributed by atoms with van der Waals surface area (Å²) in [6.07, 6.45) is 3.96. The molecule has 4 heteroatoms. The van der Waals surface area contributed by atoms with E-state index in [1.807, 2.05) is 20.2 Å². The second kappa shape index (κ2) is 5.50. The predicted molar refractivity (Wildman–Crippen MR) is 69.4 cm³/mol. The molecular weight excluding hydrogens is 242 g/mol. The van der Waals surface area contributed by atoms with Gasteiger partial charge in [0.05, 0.1) is 10.4 Å². The summed E-state index contributed by atoms with van der Waals surface area (Å²) in [6, 6.07) is 4.47. The second-order valence-electron chi connectivity index (χ2n) is 4.34. The number of methoxy groups -OCH3 is 1. The standard InChI is InChI=1S/C12H18ClNOS/c1-14-10(12(15-2)8-3-4-8)7-9-5-6-11(13)16-9/h5-6,8,10,12,14H,3-4,7H2,1-2H3. The Labute approximate surface area is 106 Å². The third kappa shape index (κ3) is 2.98. The molecule has 0 aromatic carbocycles. The smallest absolute Gasteiger partial charge is 0.0931 e. The molecule has 1 N–H and O–H groups in total. The summed E-state index contributed by atoms with van der Waals surface area (Å²) in [5, 5.41) is 3.37. The van der Waals surface area contributed by atoms with E-state index in [1.165, 1.54) is 17.7 Å². The zero-order valence-corrected chi connectivity index (χ0v) is 11.3. The molecule has 2 atom stereocenters. The van der Waals surface area contributed by atoms with Gasteiger partial charge in [0.1, 0.15) is 0 Å². The van der Waals surface area contributed by atoms with E-state index in [9.17, 15) is 0 Å². The first-order chi connectivity index (χ1) is 7.74. The zero-order valence-electron chi connectivity index (χ0n) is 9.70. The lowest BCUT2D eigenvalue weighted by Crippen LogP contribution is -2.41. The van der Waals surface area contributed by atoms with Crippen molar-refractivity contribution in [2.24, 2.45) is 5.92 Å². The van der Waals surface area contributed by atoms with Crippen molar-refractivity contribution in [2.75, 3.05) is 14.2 Å². The fourth-order valence-electron chi connectivity index (χ4n) is 2.17. The molecule has 1 fully saturated rings. The third-order valence-corrected chi connectivity index (χ3v) is 4.43. The Kier molecular flexibility index (Phi) is 4.25. The van der Waals surface area contributed by atoms with Crippen LogP contribution < -0.4 is 5.32 Å². The SMILES string of the molecule is CNC(Cc1ccc(Cl)s1)C(OC)C1CC1. The van der Waals surface area contributed by atoms with Gasteiger partial charge in [-0.3, -0.25) is 0 Å². The largest absolute Gasteiger partial charge is 0.380 e. The van der Waals surface area contributed by atoms with Crippen LogP contribution >= 0.6 is 22.9 Å². The molecule has 0 amide bonds. The molecule has 0 spiro atoms. The maximum Gasteiger partial charge on any atom is 0.0931 e. The first-order valence-electron chi connectivity index (χ1n) is 5.69. The zero-order chi connectivity index (χ0) is 11.5. The molecule has 0 saturated heterocycles. The first kappa shape index (κ1) is 12.4. The van der Waals surface area contributed by atoms with Crippen molar-refractivity contribution in [2.45, 2.75) is 31.4 Å². The van der Waals surface area contributed by atoms with E-state index in [0.717, 1.165) is 16.7 Å². The van der Waals surface area contributed by atoms with Gasteiger partial charge in [0.15, 0.2) is 0 Å². The lowest BCUT2D eigenvalue weighted by Gasteiger charge is -2.25. The van der Waals surface area contributed by atoms with E-state index in [1.54, 1.807) is 11.3 Å². The summed E-state index contributed by atoms with van der Waals surface area (Å²) in [7, 11) is 3.82. The molecule has 2 nitrogen and oxygen atoms in total. The van der Waals surface area contributed by atoms with Gasteiger partial charge in [-0.05, 0) is 44.4 Å². The maximum absolute atomic E-state index is 5.94. The van der Waals surface area contributed by atoms with Gasteiger partial charge < -0.3 is 10.1 Å². The Morgan fingerprint density at radius 2 is 2.31 bits per heavy atom. The Morgan fingerprint density at radius 1 is 1.56 bits per heavy atom. The third-order valence-electron chi connectivity index (χ3n) is 3.18. The average Bonchev–Trinajstić information content (AvgIpc) is 3.02. The van der Waals surface area contributed by atoms with E-state index in [-0.39, 0.29) is 0 Å². The van der Waals surface area contributed by atoms with Gasteiger partial charge in [0.2, 0.25) is 0 Å². The molecule has 90 valence electrons. The molecule has 1 aliphatic rings. The van der Waals surface area contributed by atoms with Crippen molar-refractivity contribution < 1.29 is 4.74 Å². The van der Waals surface area contributed by atoms with Gasteiger partial charge in [-0.2, -0.15) is 0 Å². The van der Waals surface area contributed by atoms with Crippen LogP contribution in [0.2, 0.25) is 4.34 Å².